The second kappa shape index (κ2) is 6.61. The molecule has 0 aromatic heterocycles. The fourth-order valence-corrected chi connectivity index (χ4v) is 7.73. The summed E-state index contributed by atoms with van der Waals surface area (Å²) in [7, 11) is -3.02. The Morgan fingerprint density at radius 1 is 0.962 bits per heavy atom. The summed E-state index contributed by atoms with van der Waals surface area (Å²) in [5.41, 5.74) is 1.44. The third-order valence-electron chi connectivity index (χ3n) is 7.10. The van der Waals surface area contributed by atoms with Gasteiger partial charge in [0, 0.05) is 31.7 Å². The minimum atomic E-state index is -3.02. The van der Waals surface area contributed by atoms with Crippen molar-refractivity contribution in [2.24, 2.45) is 11.8 Å². The van der Waals surface area contributed by atoms with Gasteiger partial charge in [-0.3, -0.25) is 4.90 Å². The first kappa shape index (κ1) is 17.2. The zero-order valence-electron chi connectivity index (χ0n) is 15.5. The average molecular weight is 375 g/mol. The highest BCUT2D eigenvalue weighted by atomic mass is 32.2. The number of fused-ring (bicyclic) bond motifs is 4. The minimum absolute atomic E-state index is 0.0605. The van der Waals surface area contributed by atoms with Gasteiger partial charge in [-0.05, 0) is 55.9 Å². The molecule has 3 aliphatic heterocycles. The van der Waals surface area contributed by atoms with Crippen LogP contribution >= 0.6 is 0 Å². The zero-order valence-corrected chi connectivity index (χ0v) is 16.3. The van der Waals surface area contributed by atoms with Gasteiger partial charge in [0.15, 0.2) is 0 Å². The van der Waals surface area contributed by atoms with Crippen LogP contribution in [-0.4, -0.2) is 54.6 Å². The van der Waals surface area contributed by atoms with Gasteiger partial charge in [-0.1, -0.05) is 36.8 Å². The topological polar surface area (TPSA) is 40.6 Å². The van der Waals surface area contributed by atoms with Crippen LogP contribution in [0.3, 0.4) is 0 Å². The first-order valence-corrected chi connectivity index (χ1v) is 11.9. The predicted molar refractivity (Wildman–Crippen MR) is 103 cm³/mol. The highest BCUT2D eigenvalue weighted by Gasteiger charge is 2.49. The molecule has 0 unspecified atom stereocenters. The van der Waals surface area contributed by atoms with E-state index < -0.39 is 10.0 Å². The number of hydrogen-bond acceptors (Lipinski definition) is 3. The molecule has 4 aliphatic rings. The Morgan fingerprint density at radius 2 is 1.77 bits per heavy atom. The maximum Gasteiger partial charge on any atom is 0.217 e. The molecule has 1 saturated carbocycles. The second-order valence-electron chi connectivity index (χ2n) is 8.96. The Kier molecular flexibility index (Phi) is 4.37. The molecule has 5 heteroatoms. The Hall–Kier alpha value is -0.910. The lowest BCUT2D eigenvalue weighted by Gasteiger charge is -2.55. The van der Waals surface area contributed by atoms with Crippen LogP contribution in [-0.2, 0) is 16.4 Å². The molecule has 0 radical (unpaired) electrons. The van der Waals surface area contributed by atoms with E-state index in [4.69, 9.17) is 0 Å². The zero-order chi connectivity index (χ0) is 17.7. The highest BCUT2D eigenvalue weighted by Crippen LogP contribution is 2.42. The number of benzene rings is 1. The third kappa shape index (κ3) is 3.12. The normalized spacial score (nSPS) is 35.8. The van der Waals surface area contributed by atoms with E-state index in [-0.39, 0.29) is 5.25 Å². The van der Waals surface area contributed by atoms with Gasteiger partial charge in [0.2, 0.25) is 10.0 Å². The summed E-state index contributed by atoms with van der Waals surface area (Å²) in [5.74, 6) is 1.06. The molecule has 4 nitrogen and oxygen atoms in total. The third-order valence-corrected chi connectivity index (χ3v) is 9.43. The van der Waals surface area contributed by atoms with E-state index in [1.54, 1.807) is 0 Å². The molecule has 0 spiro atoms. The number of nitrogens with zero attached hydrogens (tertiary/aromatic N) is 2. The summed E-state index contributed by atoms with van der Waals surface area (Å²) in [5, 5.41) is -0.0605. The van der Waals surface area contributed by atoms with E-state index in [1.165, 1.54) is 31.2 Å². The molecule has 142 valence electrons. The number of hydrogen-bond donors (Lipinski definition) is 0. The van der Waals surface area contributed by atoms with Crippen molar-refractivity contribution in [1.82, 2.24) is 9.21 Å². The molecule has 26 heavy (non-hydrogen) atoms. The lowest BCUT2D eigenvalue weighted by Crippen LogP contribution is -2.62. The van der Waals surface area contributed by atoms with E-state index >= 15 is 0 Å². The van der Waals surface area contributed by atoms with Gasteiger partial charge in [-0.15, -0.1) is 0 Å². The van der Waals surface area contributed by atoms with Crippen molar-refractivity contribution in [3.8, 4) is 0 Å². The maximum atomic E-state index is 12.8. The van der Waals surface area contributed by atoms with Crippen LogP contribution in [0.1, 0.15) is 44.1 Å². The molecule has 1 aromatic rings. The molecule has 4 fully saturated rings. The van der Waals surface area contributed by atoms with Gasteiger partial charge >= 0.3 is 0 Å². The van der Waals surface area contributed by atoms with Crippen LogP contribution < -0.4 is 0 Å². The second-order valence-corrected chi connectivity index (χ2v) is 11.2. The smallest absolute Gasteiger partial charge is 0.217 e. The Balaban J connectivity index is 1.33. The lowest BCUT2D eigenvalue weighted by atomic mass is 9.74. The number of sulfonamides is 1. The maximum absolute atomic E-state index is 12.8. The fraction of sp³-hybridized carbons (Fsp3) is 0.714. The van der Waals surface area contributed by atoms with Crippen molar-refractivity contribution in [2.45, 2.75) is 62.3 Å². The van der Waals surface area contributed by atoms with Gasteiger partial charge < -0.3 is 0 Å². The Morgan fingerprint density at radius 3 is 2.54 bits per heavy atom. The van der Waals surface area contributed by atoms with Crippen LogP contribution in [0.4, 0.5) is 0 Å². The summed E-state index contributed by atoms with van der Waals surface area (Å²) in [6, 6.07) is 12.1. The largest absolute Gasteiger partial charge is 0.296 e. The van der Waals surface area contributed by atoms with E-state index in [9.17, 15) is 8.42 Å². The SMILES string of the molecule is O=S(=O)(C1CC1)N1C[C@@H]2C[C@H](C1)[C@@H]1CCC[C@H](Cc3ccccc3)N1C2. The quantitative estimate of drug-likeness (QED) is 0.814. The molecule has 1 aromatic carbocycles. The van der Waals surface area contributed by atoms with Gasteiger partial charge in [0.05, 0.1) is 5.25 Å². The summed E-state index contributed by atoms with van der Waals surface area (Å²) < 4.78 is 27.4. The summed E-state index contributed by atoms with van der Waals surface area (Å²) in [4.78, 5) is 2.77. The first-order valence-electron chi connectivity index (χ1n) is 10.4. The molecule has 5 rings (SSSR count). The molecular formula is C21H30N2O2S. The average Bonchev–Trinajstić information content (AvgIpc) is 3.49. The number of rotatable bonds is 4. The van der Waals surface area contributed by atoms with Crippen LogP contribution in [0, 0.1) is 11.8 Å². The van der Waals surface area contributed by atoms with Gasteiger partial charge in [0.1, 0.15) is 0 Å². The molecule has 3 heterocycles. The molecule has 0 amide bonds. The van der Waals surface area contributed by atoms with Crippen molar-refractivity contribution >= 4 is 10.0 Å². The van der Waals surface area contributed by atoms with Crippen molar-refractivity contribution in [3.05, 3.63) is 35.9 Å². The minimum Gasteiger partial charge on any atom is -0.296 e. The molecule has 0 N–H and O–H groups in total. The molecule has 4 atom stereocenters. The monoisotopic (exact) mass is 374 g/mol. The highest BCUT2D eigenvalue weighted by molar-refractivity contribution is 7.90. The van der Waals surface area contributed by atoms with E-state index in [0.717, 1.165) is 38.9 Å². The van der Waals surface area contributed by atoms with Gasteiger partial charge in [-0.2, -0.15) is 0 Å². The van der Waals surface area contributed by atoms with E-state index in [0.29, 0.717) is 23.9 Å². The van der Waals surface area contributed by atoms with Gasteiger partial charge in [-0.25, -0.2) is 12.7 Å². The molecular weight excluding hydrogens is 344 g/mol. The molecule has 1 aliphatic carbocycles. The molecule has 2 bridgehead atoms. The van der Waals surface area contributed by atoms with Crippen LogP contribution in [0.2, 0.25) is 0 Å². The van der Waals surface area contributed by atoms with Crippen molar-refractivity contribution in [3.63, 3.8) is 0 Å². The van der Waals surface area contributed by atoms with E-state index in [1.807, 2.05) is 4.31 Å². The summed E-state index contributed by atoms with van der Waals surface area (Å²) in [6.07, 6.45) is 7.95. The lowest BCUT2D eigenvalue weighted by molar-refractivity contribution is -0.0402. The number of piperidine rings is 3. The van der Waals surface area contributed by atoms with Crippen molar-refractivity contribution in [2.75, 3.05) is 19.6 Å². The molecule has 3 saturated heterocycles. The first-order chi connectivity index (χ1) is 12.6. The predicted octanol–water partition coefficient (Wildman–Crippen LogP) is 2.90. The van der Waals surface area contributed by atoms with Crippen LogP contribution in [0.25, 0.3) is 0 Å². The fourth-order valence-electron chi connectivity index (χ4n) is 5.76. The van der Waals surface area contributed by atoms with Crippen molar-refractivity contribution in [1.29, 1.82) is 0 Å². The van der Waals surface area contributed by atoms with Crippen LogP contribution in [0.5, 0.6) is 0 Å². The van der Waals surface area contributed by atoms with Crippen molar-refractivity contribution < 1.29 is 8.42 Å². The van der Waals surface area contributed by atoms with Gasteiger partial charge in [0.25, 0.3) is 0 Å². The Labute approximate surface area is 157 Å². The Bertz CT molecular complexity index is 747. The summed E-state index contributed by atoms with van der Waals surface area (Å²) >= 11 is 0. The summed E-state index contributed by atoms with van der Waals surface area (Å²) in [6.45, 7) is 2.63. The van der Waals surface area contributed by atoms with E-state index in [2.05, 4.69) is 35.2 Å². The standard InChI is InChI=1S/C21H30N2O2S/c24-26(25,20-9-10-20)22-13-17-11-18(15-22)21-8-4-7-19(23(21)14-17)12-16-5-2-1-3-6-16/h1-3,5-6,17-21H,4,7-15H2/t17-,18+,19+,21-/m0/s1. The van der Waals surface area contributed by atoms with Crippen LogP contribution in [0.15, 0.2) is 30.3 Å².